The van der Waals surface area contributed by atoms with Gasteiger partial charge in [0.05, 0.1) is 0 Å². The van der Waals surface area contributed by atoms with E-state index >= 15 is 0 Å². The van der Waals surface area contributed by atoms with Crippen LogP contribution in [0.2, 0.25) is 0 Å². The van der Waals surface area contributed by atoms with Crippen LogP contribution in [0, 0.1) is 18.3 Å². The minimum Gasteiger partial charge on any atom is -0.370 e. The highest BCUT2D eigenvalue weighted by Crippen LogP contribution is 2.35. The summed E-state index contributed by atoms with van der Waals surface area (Å²) in [5.74, 6) is 3.14. The molecule has 0 radical (unpaired) electrons. The molecule has 0 aromatic heterocycles. The van der Waals surface area contributed by atoms with Crippen molar-refractivity contribution in [3.05, 3.63) is 0 Å². The van der Waals surface area contributed by atoms with E-state index in [2.05, 4.69) is 5.92 Å². The van der Waals surface area contributed by atoms with Crippen molar-refractivity contribution in [2.75, 3.05) is 6.61 Å². The summed E-state index contributed by atoms with van der Waals surface area (Å²) in [5, 5.41) is 0. The Balaban J connectivity index is 2.35. The molecule has 2 nitrogen and oxygen atoms in total. The molecule has 1 saturated carbocycles. The topological polar surface area (TPSA) is 26.3 Å². The molecule has 0 N–H and O–H groups in total. The maximum Gasteiger partial charge on any atom is 0.162 e. The highest BCUT2D eigenvalue weighted by Gasteiger charge is 2.35. The summed E-state index contributed by atoms with van der Waals surface area (Å²) in [7, 11) is 0. The zero-order valence-corrected chi connectivity index (χ0v) is 8.08. The van der Waals surface area contributed by atoms with Crippen LogP contribution in [-0.2, 0) is 9.53 Å². The number of Topliss-reactive ketones (excluding diaryl/α,β-unsaturated/α-hetero) is 1. The van der Waals surface area contributed by atoms with E-state index in [-0.39, 0.29) is 11.9 Å². The number of terminal acetylenes is 1. The van der Waals surface area contributed by atoms with Gasteiger partial charge in [-0.1, -0.05) is 0 Å². The second-order valence-corrected chi connectivity index (χ2v) is 3.38. The lowest BCUT2D eigenvalue weighted by molar-refractivity contribution is -0.131. The van der Waals surface area contributed by atoms with Crippen LogP contribution in [0.25, 0.3) is 0 Å². The predicted molar refractivity (Wildman–Crippen MR) is 51.2 cm³/mol. The molecule has 1 atom stereocenters. The van der Waals surface area contributed by atoms with E-state index in [0.717, 1.165) is 12.8 Å². The monoisotopic (exact) mass is 180 g/mol. The van der Waals surface area contributed by atoms with Crippen LogP contribution in [0.5, 0.6) is 0 Å². The van der Waals surface area contributed by atoms with Gasteiger partial charge in [0.1, 0.15) is 6.10 Å². The predicted octanol–water partition coefficient (Wildman–Crippen LogP) is 1.78. The molecule has 13 heavy (non-hydrogen) atoms. The standard InChI is InChI=1S/C11H16O2/c1-3-5-6-10(12)11(13-4-2)9-7-8-9/h1,9,11H,4-8H2,2H3. The van der Waals surface area contributed by atoms with Crippen LogP contribution >= 0.6 is 0 Å². The number of rotatable bonds is 6. The molecule has 1 rings (SSSR count). The molecule has 0 aromatic rings. The highest BCUT2D eigenvalue weighted by atomic mass is 16.5. The molecule has 0 aromatic carbocycles. The molecular formula is C11H16O2. The van der Waals surface area contributed by atoms with E-state index in [1.807, 2.05) is 6.92 Å². The average molecular weight is 180 g/mol. The Hall–Kier alpha value is -0.810. The third-order valence-corrected chi connectivity index (χ3v) is 2.23. The van der Waals surface area contributed by atoms with Crippen molar-refractivity contribution in [1.82, 2.24) is 0 Å². The fraction of sp³-hybridized carbons (Fsp3) is 0.727. The Morgan fingerprint density at radius 1 is 1.69 bits per heavy atom. The van der Waals surface area contributed by atoms with E-state index in [0.29, 0.717) is 25.4 Å². The molecule has 1 aliphatic carbocycles. The zero-order chi connectivity index (χ0) is 9.68. The summed E-state index contributed by atoms with van der Waals surface area (Å²) in [6.45, 7) is 2.53. The van der Waals surface area contributed by atoms with E-state index in [1.165, 1.54) is 0 Å². The fourth-order valence-corrected chi connectivity index (χ4v) is 1.41. The van der Waals surface area contributed by atoms with E-state index in [9.17, 15) is 4.79 Å². The van der Waals surface area contributed by atoms with Gasteiger partial charge in [-0.15, -0.1) is 12.3 Å². The number of hydrogen-bond acceptors (Lipinski definition) is 2. The highest BCUT2D eigenvalue weighted by molar-refractivity contribution is 5.83. The molecule has 2 heteroatoms. The fourth-order valence-electron chi connectivity index (χ4n) is 1.41. The number of hydrogen-bond donors (Lipinski definition) is 0. The Kier molecular flexibility index (Phi) is 3.98. The first-order valence-corrected chi connectivity index (χ1v) is 4.87. The molecule has 0 bridgehead atoms. The van der Waals surface area contributed by atoms with Gasteiger partial charge in [0.25, 0.3) is 0 Å². The first kappa shape index (κ1) is 10.3. The lowest BCUT2D eigenvalue weighted by atomic mass is 10.1. The largest absolute Gasteiger partial charge is 0.370 e. The summed E-state index contributed by atoms with van der Waals surface area (Å²) in [6, 6.07) is 0. The zero-order valence-electron chi connectivity index (χ0n) is 8.08. The van der Waals surface area contributed by atoms with Crippen molar-refractivity contribution in [2.24, 2.45) is 5.92 Å². The van der Waals surface area contributed by atoms with Crippen LogP contribution in [-0.4, -0.2) is 18.5 Å². The number of carbonyl (C=O) groups excluding carboxylic acids is 1. The number of ether oxygens (including phenoxy) is 1. The van der Waals surface area contributed by atoms with Gasteiger partial charge in [-0.25, -0.2) is 0 Å². The SMILES string of the molecule is C#CCCC(=O)C(OCC)C1CC1. The van der Waals surface area contributed by atoms with Crippen molar-refractivity contribution < 1.29 is 9.53 Å². The van der Waals surface area contributed by atoms with Crippen molar-refractivity contribution in [3.8, 4) is 12.3 Å². The molecule has 1 aliphatic rings. The Bertz CT molecular complexity index is 211. The van der Waals surface area contributed by atoms with Crippen LogP contribution < -0.4 is 0 Å². The molecule has 1 fully saturated rings. The van der Waals surface area contributed by atoms with E-state index in [4.69, 9.17) is 11.2 Å². The van der Waals surface area contributed by atoms with E-state index < -0.39 is 0 Å². The molecule has 1 unspecified atom stereocenters. The molecule has 0 amide bonds. The van der Waals surface area contributed by atoms with Crippen molar-refractivity contribution >= 4 is 5.78 Å². The summed E-state index contributed by atoms with van der Waals surface area (Å²) in [5.41, 5.74) is 0. The Morgan fingerprint density at radius 2 is 2.38 bits per heavy atom. The number of carbonyl (C=O) groups is 1. The smallest absolute Gasteiger partial charge is 0.162 e. The molecule has 0 saturated heterocycles. The molecular weight excluding hydrogens is 164 g/mol. The van der Waals surface area contributed by atoms with Crippen LogP contribution in [0.15, 0.2) is 0 Å². The average Bonchev–Trinajstić information content (AvgIpc) is 2.93. The second kappa shape index (κ2) is 5.04. The summed E-state index contributed by atoms with van der Waals surface area (Å²) in [4.78, 5) is 11.6. The van der Waals surface area contributed by atoms with Crippen molar-refractivity contribution in [3.63, 3.8) is 0 Å². The quantitative estimate of drug-likeness (QED) is 0.582. The maximum atomic E-state index is 11.6. The maximum absolute atomic E-state index is 11.6. The van der Waals surface area contributed by atoms with Gasteiger partial charge in [0, 0.05) is 19.4 Å². The van der Waals surface area contributed by atoms with Gasteiger partial charge in [-0.3, -0.25) is 4.79 Å². The van der Waals surface area contributed by atoms with Crippen molar-refractivity contribution in [1.29, 1.82) is 0 Å². The van der Waals surface area contributed by atoms with Gasteiger partial charge in [-0.2, -0.15) is 0 Å². The number of ketones is 1. The molecule has 72 valence electrons. The lowest BCUT2D eigenvalue weighted by Crippen LogP contribution is -2.26. The first-order valence-electron chi connectivity index (χ1n) is 4.87. The Morgan fingerprint density at radius 3 is 2.85 bits per heavy atom. The molecule has 0 spiro atoms. The third-order valence-electron chi connectivity index (χ3n) is 2.23. The minimum absolute atomic E-state index is 0.168. The third kappa shape index (κ3) is 3.20. The minimum atomic E-state index is -0.168. The molecule has 0 aliphatic heterocycles. The van der Waals surface area contributed by atoms with Gasteiger partial charge in [0.15, 0.2) is 5.78 Å². The normalized spacial score (nSPS) is 17.8. The van der Waals surface area contributed by atoms with Crippen LogP contribution in [0.3, 0.4) is 0 Å². The van der Waals surface area contributed by atoms with Gasteiger partial charge < -0.3 is 4.74 Å². The van der Waals surface area contributed by atoms with Crippen LogP contribution in [0.4, 0.5) is 0 Å². The molecule has 0 heterocycles. The van der Waals surface area contributed by atoms with Crippen LogP contribution in [0.1, 0.15) is 32.6 Å². The summed E-state index contributed by atoms with van der Waals surface area (Å²) < 4.78 is 5.41. The van der Waals surface area contributed by atoms with Gasteiger partial charge in [-0.05, 0) is 25.7 Å². The Labute approximate surface area is 79.7 Å². The van der Waals surface area contributed by atoms with E-state index in [1.54, 1.807) is 0 Å². The first-order chi connectivity index (χ1) is 6.29. The van der Waals surface area contributed by atoms with Gasteiger partial charge in [0.2, 0.25) is 0 Å². The summed E-state index contributed by atoms with van der Waals surface area (Å²) >= 11 is 0. The van der Waals surface area contributed by atoms with Gasteiger partial charge >= 0.3 is 0 Å². The second-order valence-electron chi connectivity index (χ2n) is 3.38. The summed E-state index contributed by atoms with van der Waals surface area (Å²) in [6.07, 6.45) is 8.20. The van der Waals surface area contributed by atoms with Crippen molar-refractivity contribution in [2.45, 2.75) is 38.7 Å². The lowest BCUT2D eigenvalue weighted by Gasteiger charge is -2.13.